The van der Waals surface area contributed by atoms with Crippen molar-refractivity contribution in [2.75, 3.05) is 6.54 Å². The maximum atomic E-state index is 9.10. The van der Waals surface area contributed by atoms with E-state index in [1.165, 1.54) is 0 Å². The smallest absolute Gasteiger partial charge is 0.414 e. The van der Waals surface area contributed by atoms with E-state index in [0.29, 0.717) is 0 Å². The summed E-state index contributed by atoms with van der Waals surface area (Å²) in [6.45, 7) is 0.983. The Morgan fingerprint density at radius 1 is 1.25 bits per heavy atom. The molecule has 1 heterocycles. The summed E-state index contributed by atoms with van der Waals surface area (Å²) < 4.78 is 0. The molecule has 0 bridgehead atoms. The van der Waals surface area contributed by atoms with E-state index in [2.05, 4.69) is 11.1 Å². The molecule has 0 spiro atoms. The molecule has 5 heteroatoms. The number of dihydropyridines is 1. The summed E-state index contributed by atoms with van der Waals surface area (Å²) in [5, 5.41) is 14.8. The first kappa shape index (κ1) is 10.3. The fourth-order valence-electron chi connectivity index (χ4n) is 0.442. The molecule has 0 saturated heterocycles. The van der Waals surface area contributed by atoms with Gasteiger partial charge in [0.05, 0.1) is 0 Å². The van der Waals surface area contributed by atoms with Gasteiger partial charge in [-0.15, -0.1) is 0 Å². The van der Waals surface area contributed by atoms with Crippen LogP contribution in [-0.2, 0) is 9.59 Å². The summed E-state index contributed by atoms with van der Waals surface area (Å²) in [5.74, 6) is -3.65. The molecular weight excluding hydrogens is 162 g/mol. The van der Waals surface area contributed by atoms with Crippen LogP contribution in [0.15, 0.2) is 17.1 Å². The Hall–Kier alpha value is -1.65. The molecule has 0 radical (unpaired) electrons. The second kappa shape index (κ2) is 6.09. The lowest BCUT2D eigenvalue weighted by atomic mass is 10.3. The molecule has 0 aliphatic carbocycles. The third-order valence-electron chi connectivity index (χ3n) is 0.935. The van der Waals surface area contributed by atoms with Gasteiger partial charge in [-0.2, -0.15) is 0 Å². The zero-order chi connectivity index (χ0) is 9.40. The van der Waals surface area contributed by atoms with Crippen molar-refractivity contribution in [1.82, 2.24) is 0 Å². The van der Waals surface area contributed by atoms with Gasteiger partial charge >= 0.3 is 11.9 Å². The van der Waals surface area contributed by atoms with Crippen molar-refractivity contribution in [2.45, 2.75) is 6.42 Å². The van der Waals surface area contributed by atoms with Crippen LogP contribution in [0.3, 0.4) is 0 Å². The summed E-state index contributed by atoms with van der Waals surface area (Å²) in [6, 6.07) is 0. The number of carboxylic acid groups (broad SMARTS) is 2. The third kappa shape index (κ3) is 6.47. The van der Waals surface area contributed by atoms with Gasteiger partial charge in [0, 0.05) is 12.8 Å². The molecule has 5 nitrogen and oxygen atoms in total. The summed E-state index contributed by atoms with van der Waals surface area (Å²) in [4.78, 5) is 22.2. The minimum atomic E-state index is -1.82. The molecule has 2 N–H and O–H groups in total. The zero-order valence-corrected chi connectivity index (χ0v) is 6.30. The number of nitrogens with zero attached hydrogens (tertiary/aromatic N) is 1. The minimum absolute atomic E-state index is 0.983. The first-order chi connectivity index (χ1) is 5.64. The van der Waals surface area contributed by atoms with E-state index in [-0.39, 0.29) is 0 Å². The molecule has 0 aromatic heterocycles. The summed E-state index contributed by atoms with van der Waals surface area (Å²) in [6.07, 6.45) is 7.05. The van der Waals surface area contributed by atoms with Crippen molar-refractivity contribution >= 4 is 18.2 Å². The lowest BCUT2D eigenvalue weighted by Crippen LogP contribution is -2.09. The predicted octanol–water partition coefficient (Wildman–Crippen LogP) is 0.173. The van der Waals surface area contributed by atoms with Crippen LogP contribution < -0.4 is 0 Å². The van der Waals surface area contributed by atoms with E-state index >= 15 is 0 Å². The van der Waals surface area contributed by atoms with E-state index < -0.39 is 11.9 Å². The van der Waals surface area contributed by atoms with Gasteiger partial charge < -0.3 is 10.2 Å². The van der Waals surface area contributed by atoms with Crippen molar-refractivity contribution in [3.8, 4) is 0 Å². The summed E-state index contributed by atoms with van der Waals surface area (Å²) in [7, 11) is 0. The number of rotatable bonds is 0. The maximum absolute atomic E-state index is 9.10. The zero-order valence-electron chi connectivity index (χ0n) is 6.30. The van der Waals surface area contributed by atoms with Crippen LogP contribution in [0.5, 0.6) is 0 Å². The van der Waals surface area contributed by atoms with Gasteiger partial charge in [0.25, 0.3) is 0 Å². The number of hydrogen-bond donors (Lipinski definition) is 2. The number of aliphatic carboxylic acids is 2. The molecule has 0 saturated carbocycles. The fourth-order valence-corrected chi connectivity index (χ4v) is 0.442. The molecule has 66 valence electrons. The molecular formula is C7H9NO4. The van der Waals surface area contributed by atoms with Crippen molar-refractivity contribution in [3.63, 3.8) is 0 Å². The Morgan fingerprint density at radius 3 is 1.92 bits per heavy atom. The Bertz CT molecular complexity index is 195. The molecule has 0 fully saturated rings. The largest absolute Gasteiger partial charge is 0.473 e. The number of carbonyl (C=O) groups is 2. The molecule has 1 aliphatic rings. The highest BCUT2D eigenvalue weighted by Gasteiger charge is 2.04. The standard InChI is InChI=1S/C5H7N.C2H2O4/c1-2-4-6-5-3-1;3-1(4)2(5)6/h1-2,4H,3,5H2;(H,3,4)(H,5,6). The average Bonchev–Trinajstić information content (AvgIpc) is 2.08. The normalized spacial score (nSPS) is 13.0. The van der Waals surface area contributed by atoms with Crippen LogP contribution in [-0.4, -0.2) is 34.9 Å². The highest BCUT2D eigenvalue weighted by molar-refractivity contribution is 6.27. The van der Waals surface area contributed by atoms with Gasteiger partial charge in [-0.1, -0.05) is 6.08 Å². The van der Waals surface area contributed by atoms with Crippen LogP contribution >= 0.6 is 0 Å². The third-order valence-corrected chi connectivity index (χ3v) is 0.935. The van der Waals surface area contributed by atoms with Crippen molar-refractivity contribution in [1.29, 1.82) is 0 Å². The second-order valence-corrected chi connectivity index (χ2v) is 1.88. The van der Waals surface area contributed by atoms with Gasteiger partial charge in [-0.05, 0) is 12.5 Å². The number of hydrogen-bond acceptors (Lipinski definition) is 3. The Labute approximate surface area is 69.0 Å². The van der Waals surface area contributed by atoms with Crippen LogP contribution in [0, 0.1) is 0 Å². The Kier molecular flexibility index (Phi) is 5.25. The van der Waals surface area contributed by atoms with Gasteiger partial charge in [0.2, 0.25) is 0 Å². The molecule has 1 aliphatic heterocycles. The molecule has 0 aromatic carbocycles. The van der Waals surface area contributed by atoms with Crippen molar-refractivity contribution in [3.05, 3.63) is 12.2 Å². The summed E-state index contributed by atoms with van der Waals surface area (Å²) in [5.41, 5.74) is 0. The van der Waals surface area contributed by atoms with Crippen molar-refractivity contribution in [2.24, 2.45) is 4.99 Å². The van der Waals surface area contributed by atoms with E-state index in [1.807, 2.05) is 12.3 Å². The SMILES string of the molecule is C1=CCCN=C1.O=C(O)C(=O)O. The molecule has 0 amide bonds. The monoisotopic (exact) mass is 171 g/mol. The molecule has 1 rings (SSSR count). The van der Waals surface area contributed by atoms with Crippen LogP contribution in [0.25, 0.3) is 0 Å². The topological polar surface area (TPSA) is 87.0 Å². The Morgan fingerprint density at radius 2 is 1.83 bits per heavy atom. The molecule has 0 atom stereocenters. The number of carboxylic acids is 2. The van der Waals surface area contributed by atoms with E-state index in [4.69, 9.17) is 19.8 Å². The van der Waals surface area contributed by atoms with Crippen LogP contribution in [0.4, 0.5) is 0 Å². The average molecular weight is 171 g/mol. The Balaban J connectivity index is 0.000000202. The lowest BCUT2D eigenvalue weighted by Gasteiger charge is -1.88. The quantitative estimate of drug-likeness (QED) is 0.508. The van der Waals surface area contributed by atoms with Gasteiger partial charge in [-0.3, -0.25) is 4.99 Å². The second-order valence-electron chi connectivity index (χ2n) is 1.88. The van der Waals surface area contributed by atoms with E-state index in [0.717, 1.165) is 13.0 Å². The maximum Gasteiger partial charge on any atom is 0.414 e. The van der Waals surface area contributed by atoms with Gasteiger partial charge in [-0.25, -0.2) is 9.59 Å². The van der Waals surface area contributed by atoms with E-state index in [9.17, 15) is 0 Å². The van der Waals surface area contributed by atoms with Crippen LogP contribution in [0.2, 0.25) is 0 Å². The highest BCUT2D eigenvalue weighted by atomic mass is 16.4. The number of aliphatic imine (C=N–C) groups is 1. The molecule has 0 aromatic rings. The van der Waals surface area contributed by atoms with Gasteiger partial charge in [0.15, 0.2) is 0 Å². The summed E-state index contributed by atoms with van der Waals surface area (Å²) >= 11 is 0. The first-order valence-corrected chi connectivity index (χ1v) is 3.25. The predicted molar refractivity (Wildman–Crippen MR) is 42.4 cm³/mol. The lowest BCUT2D eigenvalue weighted by molar-refractivity contribution is -0.159. The number of allylic oxidation sites excluding steroid dienone is 1. The molecule has 0 unspecified atom stereocenters. The van der Waals surface area contributed by atoms with E-state index in [1.54, 1.807) is 0 Å². The molecule has 12 heavy (non-hydrogen) atoms. The van der Waals surface area contributed by atoms with Gasteiger partial charge in [0.1, 0.15) is 0 Å². The first-order valence-electron chi connectivity index (χ1n) is 3.25. The fraction of sp³-hybridized carbons (Fsp3) is 0.286. The van der Waals surface area contributed by atoms with Crippen molar-refractivity contribution < 1.29 is 19.8 Å². The highest BCUT2D eigenvalue weighted by Crippen LogP contribution is 1.87. The van der Waals surface area contributed by atoms with Crippen LogP contribution in [0.1, 0.15) is 6.42 Å². The minimum Gasteiger partial charge on any atom is -0.473 e.